The molecule has 1 saturated carbocycles. The zero-order valence-electron chi connectivity index (χ0n) is 19.4. The van der Waals surface area contributed by atoms with Crippen molar-refractivity contribution in [3.05, 3.63) is 59.7 Å². The van der Waals surface area contributed by atoms with E-state index in [4.69, 9.17) is 4.74 Å². The second-order valence-electron chi connectivity index (χ2n) is 9.13. The zero-order valence-corrected chi connectivity index (χ0v) is 22.0. The molecule has 1 fully saturated rings. The van der Waals surface area contributed by atoms with Crippen LogP contribution in [-0.4, -0.2) is 34.2 Å². The Kier molecular flexibility index (Phi) is 8.07. The average Bonchev–Trinajstić information content (AvgIpc) is 2.73. The molecule has 2 aromatic rings. The Morgan fingerprint density at radius 3 is 2.28 bits per heavy atom. The van der Waals surface area contributed by atoms with Crippen molar-refractivity contribution in [1.82, 2.24) is 0 Å². The number of aryl methyl sites for hydroxylation is 1. The fourth-order valence-electron chi connectivity index (χ4n) is 4.19. The molecule has 5 nitrogen and oxygen atoms in total. The maximum atomic E-state index is 12.8. The quantitative estimate of drug-likeness (QED) is 0.391. The monoisotopic (exact) mass is 523 g/mol. The molecule has 0 saturated heterocycles. The molecule has 0 amide bonds. The summed E-state index contributed by atoms with van der Waals surface area (Å²) in [5.74, 6) is 2.99. The van der Waals surface area contributed by atoms with Crippen LogP contribution in [0.3, 0.4) is 0 Å². The molecule has 1 aliphatic rings. The Morgan fingerprint density at radius 1 is 1.06 bits per heavy atom. The molecule has 0 aromatic heterocycles. The summed E-state index contributed by atoms with van der Waals surface area (Å²) in [6, 6.07) is 13.8. The third-order valence-corrected chi connectivity index (χ3v) is 12.1. The molecule has 174 valence electrons. The molecule has 0 N–H and O–H groups in total. The summed E-state index contributed by atoms with van der Waals surface area (Å²) in [4.78, 5) is 13.0. The van der Waals surface area contributed by atoms with Crippen LogP contribution in [0, 0.1) is 24.7 Å². The Bertz CT molecular complexity index is 1080. The van der Waals surface area contributed by atoms with Gasteiger partial charge in [0.15, 0.2) is 0 Å². The summed E-state index contributed by atoms with van der Waals surface area (Å²) in [6.45, 7) is 8.51. The van der Waals surface area contributed by atoms with Crippen molar-refractivity contribution in [2.75, 3.05) is 0 Å². The first kappa shape index (κ1) is 24.8. The van der Waals surface area contributed by atoms with Crippen molar-refractivity contribution in [1.29, 1.82) is 0 Å². The van der Waals surface area contributed by atoms with Crippen LogP contribution in [0.15, 0.2) is 56.8 Å². The van der Waals surface area contributed by atoms with Crippen LogP contribution >= 0.6 is 0 Å². The molecule has 0 radical (unpaired) electrons. The van der Waals surface area contributed by atoms with Gasteiger partial charge in [-0.2, -0.15) is 0 Å². The van der Waals surface area contributed by atoms with Gasteiger partial charge in [0.05, 0.1) is 0 Å². The average molecular weight is 523 g/mol. The molecule has 0 bridgehead atoms. The first-order valence-corrected chi connectivity index (χ1v) is 15.9. The fraction of sp³-hybridized carbons (Fsp3) is 0.480. The third-order valence-electron chi connectivity index (χ3n) is 6.18. The van der Waals surface area contributed by atoms with E-state index < -0.39 is 23.7 Å². The molecule has 7 heteroatoms. The summed E-state index contributed by atoms with van der Waals surface area (Å²) >= 11 is -1.95. The van der Waals surface area contributed by atoms with Gasteiger partial charge in [0.25, 0.3) is 0 Å². The predicted molar refractivity (Wildman–Crippen MR) is 129 cm³/mol. The van der Waals surface area contributed by atoms with Gasteiger partial charge in [-0.1, -0.05) is 0 Å². The number of carbonyl (C=O) groups is 1. The van der Waals surface area contributed by atoms with Gasteiger partial charge >= 0.3 is 197 Å². The normalized spacial score (nSPS) is 22.6. The fourth-order valence-corrected chi connectivity index (χ4v) is 9.18. The van der Waals surface area contributed by atoms with Gasteiger partial charge in [-0.25, -0.2) is 0 Å². The van der Waals surface area contributed by atoms with E-state index in [0.717, 1.165) is 22.9 Å². The van der Waals surface area contributed by atoms with Crippen molar-refractivity contribution < 1.29 is 17.9 Å². The van der Waals surface area contributed by atoms with Crippen LogP contribution in [0.5, 0.6) is 0 Å². The number of ether oxygens (including phenoxy) is 1. The van der Waals surface area contributed by atoms with Crippen LogP contribution in [0.1, 0.15) is 56.0 Å². The molecule has 0 heterocycles. The van der Waals surface area contributed by atoms with E-state index in [-0.39, 0.29) is 17.0 Å². The number of rotatable bonds is 6. The van der Waals surface area contributed by atoms with E-state index in [1.54, 1.807) is 48.5 Å². The summed E-state index contributed by atoms with van der Waals surface area (Å²) in [6.07, 6.45) is 3.14. The summed E-state index contributed by atoms with van der Waals surface area (Å²) in [5, 5.41) is 0. The Hall–Kier alpha value is -1.82. The Labute approximate surface area is 196 Å². The van der Waals surface area contributed by atoms with Crippen LogP contribution in [0.4, 0.5) is 0 Å². The first-order valence-electron chi connectivity index (χ1n) is 11.1. The standard InChI is InChI=1S/C25H33NO4SSe/c1-17(2)23-15-8-19(4)16-24(23)30-25(27)20-9-13-22(14-10-20)32(5)26-31(28,29)21-11-6-18(3)7-12-21/h6-7,9-14,17,19,23-24H,8,15-16H2,1-5H3/t19-,23+,24-,32?/m1/s1. The van der Waals surface area contributed by atoms with Gasteiger partial charge in [0.2, 0.25) is 0 Å². The van der Waals surface area contributed by atoms with Crippen LogP contribution in [0.25, 0.3) is 0 Å². The SMILES string of the molecule is Cc1ccc(S(=O)(=O)/N=[Se](\C)c2ccc(C(=O)O[C@@H]3C[C@H](C)CC[C@H]3C(C)C)cc2)cc1. The summed E-state index contributed by atoms with van der Waals surface area (Å²) in [7, 11) is -3.70. The van der Waals surface area contributed by atoms with E-state index in [1.807, 2.05) is 12.7 Å². The Balaban J connectivity index is 1.73. The molecule has 4 atom stereocenters. The number of hydrogen-bond acceptors (Lipinski definition) is 4. The predicted octanol–water partition coefficient (Wildman–Crippen LogP) is 5.10. The van der Waals surface area contributed by atoms with Gasteiger partial charge in [-0.3, -0.25) is 0 Å². The second-order valence-corrected chi connectivity index (χ2v) is 14.6. The third kappa shape index (κ3) is 6.15. The van der Waals surface area contributed by atoms with Gasteiger partial charge < -0.3 is 0 Å². The van der Waals surface area contributed by atoms with Crippen molar-refractivity contribution in [3.63, 3.8) is 0 Å². The molecule has 1 aliphatic carbocycles. The number of esters is 1. The topological polar surface area (TPSA) is 72.8 Å². The number of hydrogen-bond donors (Lipinski definition) is 0. The summed E-state index contributed by atoms with van der Waals surface area (Å²) in [5.41, 5.74) is 1.49. The minimum absolute atomic E-state index is 0.0482. The van der Waals surface area contributed by atoms with E-state index >= 15 is 0 Å². The van der Waals surface area contributed by atoms with Crippen LogP contribution in [0.2, 0.25) is 5.82 Å². The molecule has 1 unspecified atom stereocenters. The van der Waals surface area contributed by atoms with Crippen molar-refractivity contribution in [2.24, 2.45) is 21.1 Å². The molecule has 32 heavy (non-hydrogen) atoms. The summed E-state index contributed by atoms with van der Waals surface area (Å²) < 4.78 is 36.2. The van der Waals surface area contributed by atoms with Crippen molar-refractivity contribution in [2.45, 2.75) is 63.8 Å². The van der Waals surface area contributed by atoms with Gasteiger partial charge in [0.1, 0.15) is 0 Å². The van der Waals surface area contributed by atoms with Gasteiger partial charge in [-0.15, -0.1) is 0 Å². The van der Waals surface area contributed by atoms with Crippen molar-refractivity contribution in [3.8, 4) is 0 Å². The number of carbonyl (C=O) groups excluding carboxylic acids is 1. The second kappa shape index (κ2) is 10.4. The number of nitrogens with zero attached hydrogens (tertiary/aromatic N) is 1. The molecule has 0 aliphatic heterocycles. The molecule has 0 spiro atoms. The minimum atomic E-state index is -3.70. The van der Waals surface area contributed by atoms with Crippen molar-refractivity contribution >= 4 is 34.2 Å². The number of sulfonamides is 1. The number of benzene rings is 2. The van der Waals surface area contributed by atoms with Crippen LogP contribution in [-0.2, 0) is 14.8 Å². The van der Waals surface area contributed by atoms with E-state index in [1.165, 1.54) is 6.42 Å². The van der Waals surface area contributed by atoms with E-state index in [0.29, 0.717) is 23.3 Å². The van der Waals surface area contributed by atoms with Gasteiger partial charge in [-0.05, 0) is 0 Å². The van der Waals surface area contributed by atoms with Crippen LogP contribution < -0.4 is 4.46 Å². The van der Waals surface area contributed by atoms with E-state index in [2.05, 4.69) is 24.1 Å². The molecule has 3 rings (SSSR count). The zero-order chi connectivity index (χ0) is 23.5. The van der Waals surface area contributed by atoms with E-state index in [9.17, 15) is 13.2 Å². The molecular weight excluding hydrogens is 489 g/mol. The maximum absolute atomic E-state index is 12.8. The first-order chi connectivity index (χ1) is 15.1. The molecule has 2 aromatic carbocycles. The Morgan fingerprint density at radius 2 is 1.69 bits per heavy atom. The van der Waals surface area contributed by atoms with Gasteiger partial charge in [0, 0.05) is 0 Å². The molecular formula is C25H33NO4SSe.